The molecule has 2 aromatic carbocycles. The summed E-state index contributed by atoms with van der Waals surface area (Å²) < 4.78 is 177. The molecule has 160 valence electrons. The Kier molecular flexibility index (Phi) is 2.57. The SMILES string of the molecule is [2H]/C(=C1\c2c([2H])c([2H])c([2H])c([2H])c2Sc2c([2H])c([2H])c(S(=O)(=O)N(C([2H])([2H])[2H])C([2H])([2H])[2H])c([2H])c21)C([2H])([2H])C([2H])([2H])N1CCN(C)CC1. The molecule has 2 aliphatic heterocycles. The fraction of sp³-hybridized carbons (Fsp3) is 0.391. The highest BCUT2D eigenvalue weighted by Gasteiger charge is 2.25. The molecular weight excluding hydrogens is 414 g/mol. The lowest BCUT2D eigenvalue weighted by molar-refractivity contribution is 0.156. The second kappa shape index (κ2) is 8.85. The van der Waals surface area contributed by atoms with Crippen molar-refractivity contribution in [3.63, 3.8) is 0 Å². The molecule has 0 N–H and O–H groups in total. The van der Waals surface area contributed by atoms with Crippen LogP contribution in [0.2, 0.25) is 0 Å². The van der Waals surface area contributed by atoms with Gasteiger partial charge in [-0.2, -0.15) is 0 Å². The highest BCUT2D eigenvalue weighted by molar-refractivity contribution is 7.99. The van der Waals surface area contributed by atoms with Crippen LogP contribution in [0.25, 0.3) is 5.57 Å². The lowest BCUT2D eigenvalue weighted by atomic mass is 9.96. The van der Waals surface area contributed by atoms with Gasteiger partial charge in [-0.05, 0) is 54.3 Å². The maximum absolute atomic E-state index is 13.8. The fourth-order valence-electron chi connectivity index (χ4n) is 2.84. The van der Waals surface area contributed by atoms with Gasteiger partial charge in [-0.25, -0.2) is 12.7 Å². The average molecular weight is 462 g/mol. The summed E-state index contributed by atoms with van der Waals surface area (Å²) in [6.45, 7) is -10.1. The van der Waals surface area contributed by atoms with Crippen LogP contribution in [0.15, 0.2) is 63.0 Å². The van der Waals surface area contributed by atoms with Gasteiger partial charge in [0, 0.05) is 70.1 Å². The van der Waals surface area contributed by atoms with Gasteiger partial charge in [0.05, 0.1) is 15.9 Å². The molecule has 1 saturated heterocycles. The van der Waals surface area contributed by atoms with E-state index in [1.54, 1.807) is 7.05 Å². The Hall–Kier alpha value is -1.64. The van der Waals surface area contributed by atoms with Crippen molar-refractivity contribution >= 4 is 27.4 Å². The molecule has 30 heavy (non-hydrogen) atoms. The Morgan fingerprint density at radius 3 is 2.67 bits per heavy atom. The number of nitrogens with zero attached hydrogens (tertiary/aromatic N) is 3. The Morgan fingerprint density at radius 1 is 1.17 bits per heavy atom. The number of piperazine rings is 1. The van der Waals surface area contributed by atoms with Crippen molar-refractivity contribution in [2.24, 2.45) is 0 Å². The summed E-state index contributed by atoms with van der Waals surface area (Å²) in [7, 11) is -4.13. The summed E-state index contributed by atoms with van der Waals surface area (Å²) in [4.78, 5) is 0.432. The fourth-order valence-corrected chi connectivity index (χ4v) is 4.36. The monoisotopic (exact) mass is 461 g/mol. The second-order valence-corrected chi connectivity index (χ2v) is 9.26. The number of likely N-dealkylation sites (N-methyl/N-ethyl adjacent to an activating group) is 1. The molecule has 0 radical (unpaired) electrons. The number of benzene rings is 2. The van der Waals surface area contributed by atoms with Crippen molar-refractivity contribution in [3.05, 3.63) is 59.5 Å². The molecule has 0 saturated carbocycles. The Balaban J connectivity index is 2.20. The highest BCUT2D eigenvalue weighted by atomic mass is 32.2. The van der Waals surface area contributed by atoms with E-state index >= 15 is 0 Å². The maximum atomic E-state index is 13.8. The first-order chi connectivity index (χ1) is 21.6. The van der Waals surface area contributed by atoms with Crippen molar-refractivity contribution in [2.45, 2.75) is 21.1 Å². The van der Waals surface area contributed by atoms with E-state index in [-0.39, 0.29) is 13.1 Å². The van der Waals surface area contributed by atoms with Crippen LogP contribution in [0.4, 0.5) is 0 Å². The van der Waals surface area contributed by atoms with Gasteiger partial charge in [0.25, 0.3) is 0 Å². The first-order valence-corrected chi connectivity index (χ1v) is 11.0. The average Bonchev–Trinajstić information content (AvgIpc) is 2.94. The molecule has 0 atom stereocenters. The predicted octanol–water partition coefficient (Wildman–Crippen LogP) is 3.47. The van der Waals surface area contributed by atoms with Gasteiger partial charge >= 0.3 is 0 Å². The van der Waals surface area contributed by atoms with Gasteiger partial charge in [-0.15, -0.1) is 0 Å². The van der Waals surface area contributed by atoms with Gasteiger partial charge in [-0.1, -0.05) is 35.9 Å². The van der Waals surface area contributed by atoms with Crippen LogP contribution in [0, 0.1) is 0 Å². The van der Waals surface area contributed by atoms with Crippen LogP contribution in [-0.2, 0) is 10.0 Å². The van der Waals surface area contributed by atoms with E-state index in [2.05, 4.69) is 0 Å². The topological polar surface area (TPSA) is 43.9 Å². The van der Waals surface area contributed by atoms with E-state index < -0.39 is 121 Å². The summed E-state index contributed by atoms with van der Waals surface area (Å²) in [5.74, 6) is 0. The van der Waals surface area contributed by atoms with Crippen molar-refractivity contribution in [1.29, 1.82) is 0 Å². The minimum Gasteiger partial charge on any atom is -0.304 e. The third-order valence-corrected chi connectivity index (χ3v) is 6.74. The molecule has 2 aromatic rings. The van der Waals surface area contributed by atoms with Crippen molar-refractivity contribution < 1.29 is 33.1 Å². The normalized spacial score (nSPS) is 29.9. The van der Waals surface area contributed by atoms with Gasteiger partial charge in [0.1, 0.15) is 0 Å². The van der Waals surface area contributed by atoms with E-state index in [0.717, 1.165) is 4.90 Å². The minimum atomic E-state index is -5.89. The zero-order valence-electron chi connectivity index (χ0n) is 33.8. The summed E-state index contributed by atoms with van der Waals surface area (Å²) in [5.41, 5.74) is -2.38. The number of hydrogen-bond donors (Lipinski definition) is 0. The molecule has 4 rings (SSSR count). The molecule has 7 heteroatoms. The zero-order chi connectivity index (χ0) is 36.9. The number of rotatable bonds is 5. The van der Waals surface area contributed by atoms with Crippen molar-refractivity contribution in [1.82, 2.24) is 14.1 Å². The third-order valence-electron chi connectivity index (χ3n) is 4.52. The molecule has 0 amide bonds. The summed E-state index contributed by atoms with van der Waals surface area (Å²) >= 11 is 0.389. The Morgan fingerprint density at radius 2 is 1.90 bits per heavy atom. The maximum Gasteiger partial charge on any atom is 0.242 e. The number of hydrogen-bond acceptors (Lipinski definition) is 5. The van der Waals surface area contributed by atoms with E-state index in [9.17, 15) is 8.42 Å². The quantitative estimate of drug-likeness (QED) is 0.582. The molecule has 2 heterocycles. The minimum absolute atomic E-state index is 0.0134. The number of fused-ring (bicyclic) bond motifs is 2. The first kappa shape index (κ1) is 8.71. The molecule has 0 aliphatic carbocycles. The summed E-state index contributed by atoms with van der Waals surface area (Å²) in [6.07, 6.45) is -3.36. The molecule has 0 aromatic heterocycles. The zero-order valence-corrected chi connectivity index (χ0v) is 17.4. The molecule has 1 fully saturated rings. The first-order valence-electron chi connectivity index (χ1n) is 17.8. The molecule has 2 aliphatic rings. The molecule has 0 spiro atoms. The molecule has 0 unspecified atom stereocenters. The van der Waals surface area contributed by atoms with Crippen LogP contribution in [0.1, 0.15) is 42.2 Å². The predicted molar refractivity (Wildman–Crippen MR) is 124 cm³/mol. The van der Waals surface area contributed by atoms with Gasteiger partial charge < -0.3 is 9.80 Å². The van der Waals surface area contributed by atoms with Crippen LogP contribution in [-0.4, -0.2) is 76.2 Å². The van der Waals surface area contributed by atoms with Crippen molar-refractivity contribution in [2.75, 3.05) is 53.7 Å². The van der Waals surface area contributed by atoms with E-state index in [1.165, 1.54) is 0 Å². The standard InChI is InChI=1S/C23H29N3O2S2/c1-24(2)30(27,28)18-10-11-23-21(17-18)19(20-7-4-5-9-22(20)29-23)8-6-12-26-15-13-25(3)14-16-26/h4-5,7-11,17H,6,12-16H2,1-3H3/b19-8-/i1D3,2D3,4D,5D,6D2,7D,8D,9D,10D,11D,12D2,17D. The summed E-state index contributed by atoms with van der Waals surface area (Å²) in [6, 6.07) is -8.32. The smallest absolute Gasteiger partial charge is 0.242 e. The van der Waals surface area contributed by atoms with Crippen LogP contribution in [0.3, 0.4) is 0 Å². The molecular formula is C23H29N3O2S2. The van der Waals surface area contributed by atoms with E-state index in [1.807, 2.05) is 4.90 Å². The lowest BCUT2D eigenvalue weighted by Gasteiger charge is -2.32. The van der Waals surface area contributed by atoms with Gasteiger partial charge in [0.15, 0.2) is 0 Å². The van der Waals surface area contributed by atoms with Crippen LogP contribution < -0.4 is 0 Å². The lowest BCUT2D eigenvalue weighted by Crippen LogP contribution is -2.44. The highest BCUT2D eigenvalue weighted by Crippen LogP contribution is 2.46. The number of sulfonamides is 1. The van der Waals surface area contributed by atoms with Gasteiger partial charge in [-0.3, -0.25) is 0 Å². The third kappa shape index (κ3) is 4.36. The van der Waals surface area contributed by atoms with Crippen LogP contribution in [0.5, 0.6) is 0 Å². The Labute approximate surface area is 209 Å². The van der Waals surface area contributed by atoms with Gasteiger partial charge in [0.2, 0.25) is 10.0 Å². The second-order valence-electron chi connectivity index (χ2n) is 6.51. The summed E-state index contributed by atoms with van der Waals surface area (Å²) in [5, 5.41) is 0. The van der Waals surface area contributed by atoms with Crippen LogP contribution >= 0.6 is 11.8 Å². The largest absolute Gasteiger partial charge is 0.304 e. The Bertz CT molecular complexity index is 1800. The van der Waals surface area contributed by atoms with E-state index in [0.29, 0.717) is 24.9 Å². The molecule has 5 nitrogen and oxygen atoms in total. The molecule has 0 bridgehead atoms. The van der Waals surface area contributed by atoms with E-state index in [4.69, 9.17) is 24.7 Å². The van der Waals surface area contributed by atoms with Crippen molar-refractivity contribution in [3.8, 4) is 0 Å².